The number of carbonyl (C=O) groups is 1. The number of aromatic nitrogens is 1. The number of carbonyl (C=O) groups excluding carboxylic acids is 1. The van der Waals surface area contributed by atoms with Crippen molar-refractivity contribution in [3.05, 3.63) is 30.0 Å². The number of para-hydroxylation sites is 1. The zero-order chi connectivity index (χ0) is 19.3. The van der Waals surface area contributed by atoms with Crippen molar-refractivity contribution in [2.24, 2.45) is 0 Å². The molecule has 0 amide bonds. The number of rotatable bonds is 14. The number of esters is 1. The van der Waals surface area contributed by atoms with E-state index >= 15 is 0 Å². The van der Waals surface area contributed by atoms with Crippen LogP contribution >= 0.6 is 11.8 Å². The van der Waals surface area contributed by atoms with Gasteiger partial charge in [-0.1, -0.05) is 82.9 Å². The summed E-state index contributed by atoms with van der Waals surface area (Å²) in [4.78, 5) is 16.6. The van der Waals surface area contributed by atoms with Gasteiger partial charge in [-0.15, -0.1) is 11.8 Å². The molecule has 2 rings (SSSR count). The predicted octanol–water partition coefficient (Wildman–Crippen LogP) is 7.36. The van der Waals surface area contributed by atoms with Crippen molar-refractivity contribution in [2.75, 3.05) is 12.4 Å². The predicted molar refractivity (Wildman–Crippen MR) is 117 cm³/mol. The Balaban J connectivity index is 1.73. The lowest BCUT2D eigenvalue weighted by Gasteiger charge is -2.05. The van der Waals surface area contributed by atoms with Gasteiger partial charge in [-0.2, -0.15) is 0 Å². The molecule has 1 N–H and O–H groups in total. The van der Waals surface area contributed by atoms with Crippen molar-refractivity contribution in [3.63, 3.8) is 0 Å². The number of aromatic amines is 1. The Morgan fingerprint density at radius 3 is 2.22 bits per heavy atom. The first kappa shape index (κ1) is 21.9. The van der Waals surface area contributed by atoms with E-state index in [1.807, 2.05) is 25.1 Å². The van der Waals surface area contributed by atoms with Crippen molar-refractivity contribution < 1.29 is 9.53 Å². The molecule has 27 heavy (non-hydrogen) atoms. The van der Waals surface area contributed by atoms with Gasteiger partial charge in [0.1, 0.15) is 5.69 Å². The molecule has 0 aliphatic heterocycles. The number of hydrogen-bond donors (Lipinski definition) is 1. The molecule has 0 fully saturated rings. The van der Waals surface area contributed by atoms with Crippen molar-refractivity contribution in [1.29, 1.82) is 0 Å². The van der Waals surface area contributed by atoms with Gasteiger partial charge >= 0.3 is 5.97 Å². The molecular formula is C23H35NO2S. The SMILES string of the molecule is CCCCCCCCCCCCSc1c(C(=O)OCC)[nH]c2ccccc12. The normalized spacial score (nSPS) is 11.2. The Labute approximate surface area is 168 Å². The minimum atomic E-state index is -0.251. The molecule has 2 aromatic rings. The third kappa shape index (κ3) is 7.25. The van der Waals surface area contributed by atoms with Crippen LogP contribution in [0.1, 0.15) is 88.5 Å². The van der Waals surface area contributed by atoms with Gasteiger partial charge < -0.3 is 9.72 Å². The van der Waals surface area contributed by atoms with E-state index in [2.05, 4.69) is 18.0 Å². The number of H-pyrrole nitrogens is 1. The number of fused-ring (bicyclic) bond motifs is 1. The molecule has 0 saturated heterocycles. The Morgan fingerprint density at radius 2 is 1.56 bits per heavy atom. The Hall–Kier alpha value is -1.42. The van der Waals surface area contributed by atoms with E-state index in [9.17, 15) is 4.79 Å². The summed E-state index contributed by atoms with van der Waals surface area (Å²) in [6.45, 7) is 4.51. The van der Waals surface area contributed by atoms with Crippen LogP contribution in [0.3, 0.4) is 0 Å². The lowest BCUT2D eigenvalue weighted by molar-refractivity contribution is 0.0516. The van der Waals surface area contributed by atoms with E-state index in [1.54, 1.807) is 11.8 Å². The fraction of sp³-hybridized carbons (Fsp3) is 0.609. The van der Waals surface area contributed by atoms with E-state index in [-0.39, 0.29) is 5.97 Å². The zero-order valence-electron chi connectivity index (χ0n) is 17.0. The van der Waals surface area contributed by atoms with Crippen LogP contribution in [0.15, 0.2) is 29.2 Å². The fourth-order valence-electron chi connectivity index (χ4n) is 3.38. The molecular weight excluding hydrogens is 354 g/mol. The van der Waals surface area contributed by atoms with Crippen LogP contribution < -0.4 is 0 Å². The second-order valence-corrected chi connectivity index (χ2v) is 8.23. The van der Waals surface area contributed by atoms with E-state index < -0.39 is 0 Å². The van der Waals surface area contributed by atoms with Gasteiger partial charge in [0, 0.05) is 15.8 Å². The number of thioether (sulfide) groups is 1. The second kappa shape index (κ2) is 12.9. The van der Waals surface area contributed by atoms with Crippen LogP contribution in [-0.2, 0) is 4.74 Å². The third-order valence-corrected chi connectivity index (χ3v) is 6.09. The molecule has 0 radical (unpaired) electrons. The van der Waals surface area contributed by atoms with Gasteiger partial charge in [0.25, 0.3) is 0 Å². The topological polar surface area (TPSA) is 42.1 Å². The largest absolute Gasteiger partial charge is 0.461 e. The summed E-state index contributed by atoms with van der Waals surface area (Å²) in [7, 11) is 0. The van der Waals surface area contributed by atoms with Crippen LogP contribution in [0.4, 0.5) is 0 Å². The van der Waals surface area contributed by atoms with Crippen molar-refractivity contribution in [3.8, 4) is 0 Å². The number of nitrogens with one attached hydrogen (secondary N) is 1. The van der Waals surface area contributed by atoms with E-state index in [4.69, 9.17) is 4.74 Å². The highest BCUT2D eigenvalue weighted by atomic mass is 32.2. The highest BCUT2D eigenvalue weighted by Crippen LogP contribution is 2.33. The van der Waals surface area contributed by atoms with Crippen molar-refractivity contribution in [1.82, 2.24) is 4.98 Å². The first-order valence-corrected chi connectivity index (χ1v) is 11.7. The number of unbranched alkanes of at least 4 members (excludes halogenated alkanes) is 9. The zero-order valence-corrected chi connectivity index (χ0v) is 17.8. The summed E-state index contributed by atoms with van der Waals surface area (Å²) in [6, 6.07) is 8.11. The lowest BCUT2D eigenvalue weighted by Crippen LogP contribution is -2.06. The second-order valence-electron chi connectivity index (χ2n) is 7.13. The average Bonchev–Trinajstić information content (AvgIpc) is 3.05. The molecule has 0 aliphatic carbocycles. The smallest absolute Gasteiger partial charge is 0.355 e. The van der Waals surface area contributed by atoms with Gasteiger partial charge in [-0.05, 0) is 25.2 Å². The maximum absolute atomic E-state index is 12.3. The third-order valence-electron chi connectivity index (χ3n) is 4.88. The van der Waals surface area contributed by atoms with Crippen LogP contribution in [0, 0.1) is 0 Å². The van der Waals surface area contributed by atoms with Gasteiger partial charge in [-0.25, -0.2) is 4.79 Å². The number of benzene rings is 1. The molecule has 1 heterocycles. The van der Waals surface area contributed by atoms with E-state index in [0.29, 0.717) is 12.3 Å². The van der Waals surface area contributed by atoms with Gasteiger partial charge in [0.15, 0.2) is 0 Å². The molecule has 1 aromatic heterocycles. The minimum Gasteiger partial charge on any atom is -0.461 e. The quantitative estimate of drug-likeness (QED) is 0.208. The van der Waals surface area contributed by atoms with E-state index in [0.717, 1.165) is 21.6 Å². The summed E-state index contributed by atoms with van der Waals surface area (Å²) >= 11 is 1.78. The molecule has 0 bridgehead atoms. The molecule has 4 heteroatoms. The van der Waals surface area contributed by atoms with Crippen LogP contribution in [0.25, 0.3) is 10.9 Å². The van der Waals surface area contributed by atoms with Gasteiger partial charge in [0.2, 0.25) is 0 Å². The van der Waals surface area contributed by atoms with Crippen LogP contribution in [0.2, 0.25) is 0 Å². The Bertz CT molecular complexity index is 680. The van der Waals surface area contributed by atoms with Crippen LogP contribution in [0.5, 0.6) is 0 Å². The molecule has 0 unspecified atom stereocenters. The lowest BCUT2D eigenvalue weighted by atomic mass is 10.1. The minimum absolute atomic E-state index is 0.251. The monoisotopic (exact) mass is 389 g/mol. The molecule has 0 spiro atoms. The summed E-state index contributed by atoms with van der Waals surface area (Å²) in [5.74, 6) is 0.796. The van der Waals surface area contributed by atoms with Crippen LogP contribution in [-0.4, -0.2) is 23.3 Å². The Morgan fingerprint density at radius 1 is 0.926 bits per heavy atom. The number of ether oxygens (including phenoxy) is 1. The van der Waals surface area contributed by atoms with Crippen molar-refractivity contribution in [2.45, 2.75) is 83.0 Å². The summed E-state index contributed by atoms with van der Waals surface area (Å²) < 4.78 is 5.22. The maximum Gasteiger partial charge on any atom is 0.355 e. The van der Waals surface area contributed by atoms with Gasteiger partial charge in [-0.3, -0.25) is 0 Å². The first-order chi connectivity index (χ1) is 13.3. The molecule has 3 nitrogen and oxygen atoms in total. The van der Waals surface area contributed by atoms with E-state index in [1.165, 1.54) is 64.2 Å². The van der Waals surface area contributed by atoms with Gasteiger partial charge in [0.05, 0.1) is 6.61 Å². The molecule has 150 valence electrons. The fourth-order valence-corrected chi connectivity index (χ4v) is 4.54. The highest BCUT2D eigenvalue weighted by Gasteiger charge is 2.18. The first-order valence-electron chi connectivity index (χ1n) is 10.7. The molecule has 0 aliphatic rings. The maximum atomic E-state index is 12.3. The standard InChI is InChI=1S/C23H35NO2S/c1-3-5-6-7-8-9-10-11-12-15-18-27-22-19-16-13-14-17-20(19)24-21(22)23(25)26-4-2/h13-14,16-17,24H,3-12,15,18H2,1-2H3. The summed E-state index contributed by atoms with van der Waals surface area (Å²) in [6.07, 6.45) is 13.5. The summed E-state index contributed by atoms with van der Waals surface area (Å²) in [5, 5.41) is 1.12. The van der Waals surface area contributed by atoms with Crippen molar-refractivity contribution >= 4 is 28.6 Å². The molecule has 0 saturated carbocycles. The molecule has 1 aromatic carbocycles. The number of hydrogen-bond acceptors (Lipinski definition) is 3. The highest BCUT2D eigenvalue weighted by molar-refractivity contribution is 7.99. The summed E-state index contributed by atoms with van der Waals surface area (Å²) in [5.41, 5.74) is 1.61. The Kier molecular flexibility index (Phi) is 10.4. The molecule has 0 atom stereocenters. The average molecular weight is 390 g/mol.